The third kappa shape index (κ3) is 4.58. The second kappa shape index (κ2) is 9.08. The summed E-state index contributed by atoms with van der Waals surface area (Å²) in [5.74, 6) is -0.714. The third-order valence-electron chi connectivity index (χ3n) is 3.55. The number of amides is 2. The highest BCUT2D eigenvalue weighted by molar-refractivity contribution is 6.36. The molecule has 9 heteroatoms. The number of nitrogens with one attached hydrogen (secondary N) is 1. The van der Waals surface area contributed by atoms with Crippen molar-refractivity contribution >= 4 is 46.5 Å². The van der Waals surface area contributed by atoms with Gasteiger partial charge >= 0.3 is 6.03 Å². The molecule has 0 fully saturated rings. The molecule has 1 atom stereocenters. The van der Waals surface area contributed by atoms with Crippen molar-refractivity contribution in [1.29, 1.82) is 5.26 Å². The van der Waals surface area contributed by atoms with E-state index in [0.717, 1.165) is 5.01 Å². The van der Waals surface area contributed by atoms with Gasteiger partial charge in [0.2, 0.25) is 0 Å². The number of aliphatic hydroxyl groups is 1. The maximum absolute atomic E-state index is 11.6. The van der Waals surface area contributed by atoms with Gasteiger partial charge in [-0.3, -0.25) is 0 Å². The zero-order valence-corrected chi connectivity index (χ0v) is 15.7. The molecule has 0 heterocycles. The van der Waals surface area contributed by atoms with Crippen LogP contribution in [0, 0.1) is 11.3 Å². The fourth-order valence-corrected chi connectivity index (χ4v) is 3.21. The molecule has 2 aromatic carbocycles. The Kier molecular flexibility index (Phi) is 7.09. The fourth-order valence-electron chi connectivity index (χ4n) is 2.40. The van der Waals surface area contributed by atoms with Gasteiger partial charge in [0.1, 0.15) is 0 Å². The topological polar surface area (TPSA) is 102 Å². The van der Waals surface area contributed by atoms with E-state index >= 15 is 0 Å². The van der Waals surface area contributed by atoms with Gasteiger partial charge in [0.25, 0.3) is 0 Å². The molecule has 0 aliphatic heterocycles. The predicted octanol–water partition coefficient (Wildman–Crippen LogP) is 3.68. The number of hydrazine groups is 1. The lowest BCUT2D eigenvalue weighted by molar-refractivity contribution is 0.248. The second-order valence-corrected chi connectivity index (χ2v) is 6.49. The minimum atomic E-state index is -0.798. The van der Waals surface area contributed by atoms with Gasteiger partial charge in [-0.05, 0) is 29.8 Å². The van der Waals surface area contributed by atoms with Crippen LogP contribution in [-0.2, 0) is 0 Å². The van der Waals surface area contributed by atoms with Gasteiger partial charge in [-0.2, -0.15) is 5.26 Å². The van der Waals surface area contributed by atoms with Crippen LogP contribution < -0.4 is 16.2 Å². The summed E-state index contributed by atoms with van der Waals surface area (Å²) in [6.07, 6.45) is 0. The first-order valence-electron chi connectivity index (χ1n) is 7.47. The molecule has 0 spiro atoms. The summed E-state index contributed by atoms with van der Waals surface area (Å²) in [5.41, 5.74) is 9.36. The summed E-state index contributed by atoms with van der Waals surface area (Å²) >= 11 is 18.6. The molecular weight excluding hydrogens is 399 g/mol. The van der Waals surface area contributed by atoms with Crippen molar-refractivity contribution < 1.29 is 9.90 Å². The van der Waals surface area contributed by atoms with Crippen LogP contribution in [0.4, 0.5) is 10.5 Å². The molecule has 0 radical (unpaired) electrons. The van der Waals surface area contributed by atoms with Crippen molar-refractivity contribution in [3.8, 4) is 6.07 Å². The summed E-state index contributed by atoms with van der Waals surface area (Å²) in [6.45, 7) is -0.0953. The molecule has 4 N–H and O–H groups in total. The molecule has 136 valence electrons. The molecule has 1 unspecified atom stereocenters. The number of rotatable bonds is 6. The van der Waals surface area contributed by atoms with Gasteiger partial charge in [0.15, 0.2) is 0 Å². The van der Waals surface area contributed by atoms with Crippen LogP contribution in [0.3, 0.4) is 0 Å². The summed E-state index contributed by atoms with van der Waals surface area (Å²) < 4.78 is 0. The van der Waals surface area contributed by atoms with E-state index in [1.807, 2.05) is 0 Å². The van der Waals surface area contributed by atoms with Crippen molar-refractivity contribution in [2.75, 3.05) is 18.2 Å². The molecule has 0 aromatic heterocycles. The Morgan fingerprint density at radius 1 is 1.23 bits per heavy atom. The number of urea groups is 1. The van der Waals surface area contributed by atoms with Crippen LogP contribution in [0.5, 0.6) is 0 Å². The third-order valence-corrected chi connectivity index (χ3v) is 4.42. The standard InChI is InChI=1S/C17H15Cl3N4O2/c18-11-3-1-10(2-4-11)13(9-21)16-14(19)7-12(8-15(16)20)24(17(22)26)23-5-6-25/h1-4,7-8,13,23,25H,5-6H2,(H2,22,26). The lowest BCUT2D eigenvalue weighted by Gasteiger charge is -2.23. The first-order chi connectivity index (χ1) is 12.4. The number of hydrogen-bond acceptors (Lipinski definition) is 4. The van der Waals surface area contributed by atoms with Crippen LogP contribution >= 0.6 is 34.8 Å². The number of carbonyl (C=O) groups excluding carboxylic acids is 1. The van der Waals surface area contributed by atoms with E-state index in [0.29, 0.717) is 16.1 Å². The molecule has 0 aliphatic carbocycles. The molecule has 0 saturated carbocycles. The highest BCUT2D eigenvalue weighted by Gasteiger charge is 2.23. The largest absolute Gasteiger partial charge is 0.395 e. The van der Waals surface area contributed by atoms with E-state index in [1.54, 1.807) is 24.3 Å². The Hall–Kier alpha value is -2.01. The van der Waals surface area contributed by atoms with E-state index < -0.39 is 11.9 Å². The molecule has 2 rings (SSSR count). The van der Waals surface area contributed by atoms with Gasteiger partial charge in [-0.25, -0.2) is 15.2 Å². The number of nitrogens with two attached hydrogens (primary N) is 1. The van der Waals surface area contributed by atoms with Gasteiger partial charge in [0, 0.05) is 27.2 Å². The number of anilines is 1. The monoisotopic (exact) mass is 412 g/mol. The lowest BCUT2D eigenvalue weighted by atomic mass is 9.92. The number of hydrogen-bond donors (Lipinski definition) is 3. The van der Waals surface area contributed by atoms with Crippen molar-refractivity contribution in [2.45, 2.75) is 5.92 Å². The zero-order chi connectivity index (χ0) is 19.3. The van der Waals surface area contributed by atoms with Gasteiger partial charge in [-0.1, -0.05) is 46.9 Å². The van der Waals surface area contributed by atoms with Crippen LogP contribution in [0.15, 0.2) is 36.4 Å². The first-order valence-corrected chi connectivity index (χ1v) is 8.60. The quantitative estimate of drug-likeness (QED) is 0.628. The van der Waals surface area contributed by atoms with E-state index in [1.165, 1.54) is 12.1 Å². The summed E-state index contributed by atoms with van der Waals surface area (Å²) in [4.78, 5) is 11.6. The van der Waals surface area contributed by atoms with Crippen LogP contribution in [-0.4, -0.2) is 24.3 Å². The Bertz CT molecular complexity index is 814. The molecule has 0 saturated heterocycles. The molecule has 2 aromatic rings. The molecule has 0 bridgehead atoms. The normalized spacial score (nSPS) is 11.7. The Morgan fingerprint density at radius 3 is 2.27 bits per heavy atom. The number of benzene rings is 2. The SMILES string of the molecule is N#CC(c1ccc(Cl)cc1)c1c(Cl)cc(N(NCCO)C(N)=O)cc1Cl. The molecule has 26 heavy (non-hydrogen) atoms. The van der Waals surface area contributed by atoms with Crippen molar-refractivity contribution in [3.05, 3.63) is 62.6 Å². The zero-order valence-electron chi connectivity index (χ0n) is 13.4. The number of nitrogens with zero attached hydrogens (tertiary/aromatic N) is 2. The highest BCUT2D eigenvalue weighted by atomic mass is 35.5. The van der Waals surface area contributed by atoms with Crippen molar-refractivity contribution in [1.82, 2.24) is 5.43 Å². The van der Waals surface area contributed by atoms with E-state index in [2.05, 4.69) is 11.5 Å². The van der Waals surface area contributed by atoms with E-state index in [4.69, 9.17) is 45.6 Å². The first kappa shape index (κ1) is 20.3. The van der Waals surface area contributed by atoms with Crippen molar-refractivity contribution in [3.63, 3.8) is 0 Å². The predicted molar refractivity (Wildman–Crippen MR) is 103 cm³/mol. The number of carbonyl (C=O) groups is 1. The molecule has 0 aliphatic rings. The van der Waals surface area contributed by atoms with Crippen LogP contribution in [0.1, 0.15) is 17.0 Å². The maximum Gasteiger partial charge on any atom is 0.333 e. The summed E-state index contributed by atoms with van der Waals surface area (Å²) in [6, 6.07) is 11.1. The van der Waals surface area contributed by atoms with Crippen LogP contribution in [0.25, 0.3) is 0 Å². The number of nitriles is 1. The Labute approximate surface area is 165 Å². The number of aliphatic hydroxyl groups excluding tert-OH is 1. The fraction of sp³-hybridized carbons (Fsp3) is 0.176. The number of primary amides is 1. The summed E-state index contributed by atoms with van der Waals surface area (Å²) in [5, 5.41) is 20.5. The Morgan fingerprint density at radius 2 is 1.81 bits per heavy atom. The average Bonchev–Trinajstić information content (AvgIpc) is 2.59. The lowest BCUT2D eigenvalue weighted by Crippen LogP contribution is -2.47. The Balaban J connectivity index is 2.46. The molecule has 2 amide bonds. The van der Waals surface area contributed by atoms with E-state index in [-0.39, 0.29) is 28.9 Å². The minimum absolute atomic E-state index is 0.103. The van der Waals surface area contributed by atoms with Gasteiger partial charge < -0.3 is 10.8 Å². The minimum Gasteiger partial charge on any atom is -0.395 e. The number of halogens is 3. The highest BCUT2D eigenvalue weighted by Crippen LogP contribution is 2.38. The average molecular weight is 414 g/mol. The smallest absolute Gasteiger partial charge is 0.333 e. The van der Waals surface area contributed by atoms with Gasteiger partial charge in [0.05, 0.1) is 24.3 Å². The van der Waals surface area contributed by atoms with E-state index in [9.17, 15) is 10.1 Å². The van der Waals surface area contributed by atoms with Crippen molar-refractivity contribution in [2.24, 2.45) is 5.73 Å². The second-order valence-electron chi connectivity index (χ2n) is 5.24. The summed E-state index contributed by atoms with van der Waals surface area (Å²) in [7, 11) is 0. The maximum atomic E-state index is 11.6. The molecular formula is C17H15Cl3N4O2. The van der Waals surface area contributed by atoms with Gasteiger partial charge in [-0.15, -0.1) is 0 Å². The molecule has 6 nitrogen and oxygen atoms in total. The van der Waals surface area contributed by atoms with Crippen LogP contribution in [0.2, 0.25) is 15.1 Å².